The Bertz CT molecular complexity index is 1400. The Balaban J connectivity index is 1.17. The molecule has 0 amide bonds. The quantitative estimate of drug-likeness (QED) is 0.518. The van der Waals surface area contributed by atoms with E-state index >= 15 is 0 Å². The zero-order valence-electron chi connectivity index (χ0n) is 23.5. The first-order chi connectivity index (χ1) is 19.1. The van der Waals surface area contributed by atoms with Gasteiger partial charge in [-0.15, -0.1) is 0 Å². The molecule has 8 rings (SSSR count). The fourth-order valence-electron chi connectivity index (χ4n) is 8.81. The smallest absolute Gasteiger partial charge is 0.318 e. The van der Waals surface area contributed by atoms with Crippen LogP contribution in [-0.2, 0) is 24.7 Å². The molecule has 2 aromatic carbocycles. The number of nitrogens with one attached hydrogen (secondary N) is 1. The summed E-state index contributed by atoms with van der Waals surface area (Å²) in [6.45, 7) is 8.55. The van der Waals surface area contributed by atoms with Gasteiger partial charge in [-0.3, -0.25) is 4.90 Å². The Labute approximate surface area is 232 Å². The van der Waals surface area contributed by atoms with Crippen molar-refractivity contribution in [2.75, 3.05) is 31.1 Å². The van der Waals surface area contributed by atoms with Gasteiger partial charge in [0.1, 0.15) is 12.4 Å². The molecule has 6 heteroatoms. The Morgan fingerprint density at radius 3 is 2.67 bits per heavy atom. The van der Waals surface area contributed by atoms with Gasteiger partial charge in [-0.25, -0.2) is 0 Å². The lowest BCUT2D eigenvalue weighted by molar-refractivity contribution is 0.138. The van der Waals surface area contributed by atoms with Gasteiger partial charge < -0.3 is 15.0 Å². The Morgan fingerprint density at radius 2 is 1.85 bits per heavy atom. The molecular formula is C33H41N5O. The van der Waals surface area contributed by atoms with E-state index < -0.39 is 0 Å². The Kier molecular flexibility index (Phi) is 5.67. The number of anilines is 1. The second kappa shape index (κ2) is 9.17. The number of piperazine rings is 1. The van der Waals surface area contributed by atoms with Crippen LogP contribution in [0.4, 0.5) is 5.82 Å². The van der Waals surface area contributed by atoms with Crippen molar-refractivity contribution in [1.82, 2.24) is 20.2 Å². The van der Waals surface area contributed by atoms with Gasteiger partial charge in [0.2, 0.25) is 0 Å². The van der Waals surface area contributed by atoms with Crippen LogP contribution in [0.5, 0.6) is 6.01 Å². The average molecular weight is 524 g/mol. The van der Waals surface area contributed by atoms with Crippen molar-refractivity contribution in [2.45, 2.75) is 94.8 Å². The molecule has 1 unspecified atom stereocenters. The Morgan fingerprint density at radius 1 is 1.03 bits per heavy atom. The summed E-state index contributed by atoms with van der Waals surface area (Å²) in [5.74, 6) is 1.18. The maximum Gasteiger partial charge on any atom is 0.318 e. The molecule has 204 valence electrons. The molecule has 2 bridgehead atoms. The number of nitrogens with zero attached hydrogens (tertiary/aromatic N) is 4. The van der Waals surface area contributed by atoms with Crippen molar-refractivity contribution in [2.24, 2.45) is 0 Å². The van der Waals surface area contributed by atoms with Crippen LogP contribution in [-0.4, -0.2) is 65.3 Å². The monoisotopic (exact) mass is 523 g/mol. The number of rotatable bonds is 5. The summed E-state index contributed by atoms with van der Waals surface area (Å²) < 4.78 is 6.52. The summed E-state index contributed by atoms with van der Waals surface area (Å²) in [5.41, 5.74) is 5.79. The molecule has 0 saturated carbocycles. The minimum Gasteiger partial charge on any atom is -0.462 e. The summed E-state index contributed by atoms with van der Waals surface area (Å²) in [4.78, 5) is 15.7. The third kappa shape index (κ3) is 3.81. The van der Waals surface area contributed by atoms with Crippen molar-refractivity contribution in [3.8, 4) is 6.01 Å². The molecule has 1 aromatic heterocycles. The van der Waals surface area contributed by atoms with E-state index in [0.29, 0.717) is 36.8 Å². The zero-order chi connectivity index (χ0) is 26.1. The second-order valence-electron chi connectivity index (χ2n) is 13.1. The number of ether oxygens (including phenoxy) is 1. The molecule has 2 aliphatic carbocycles. The van der Waals surface area contributed by atoms with Gasteiger partial charge in [-0.2, -0.15) is 9.97 Å². The highest BCUT2D eigenvalue weighted by atomic mass is 16.5. The van der Waals surface area contributed by atoms with E-state index in [-0.39, 0.29) is 5.41 Å². The van der Waals surface area contributed by atoms with Crippen LogP contribution in [0.25, 0.3) is 10.8 Å². The topological polar surface area (TPSA) is 53.5 Å². The van der Waals surface area contributed by atoms with E-state index in [1.807, 2.05) is 0 Å². The van der Waals surface area contributed by atoms with Gasteiger partial charge in [-0.1, -0.05) is 36.4 Å². The third-order valence-corrected chi connectivity index (χ3v) is 10.6. The van der Waals surface area contributed by atoms with Crippen LogP contribution in [0.3, 0.4) is 0 Å². The van der Waals surface area contributed by atoms with Crippen LogP contribution in [0.1, 0.15) is 68.3 Å². The highest BCUT2D eigenvalue weighted by molar-refractivity contribution is 5.92. The minimum atomic E-state index is 0.126. The fraction of sp³-hybridized carbons (Fsp3) is 0.576. The second-order valence-corrected chi connectivity index (χ2v) is 13.1. The van der Waals surface area contributed by atoms with Gasteiger partial charge in [-0.05, 0) is 87.2 Å². The predicted molar refractivity (Wildman–Crippen MR) is 156 cm³/mol. The van der Waals surface area contributed by atoms with Crippen molar-refractivity contribution in [1.29, 1.82) is 0 Å². The lowest BCUT2D eigenvalue weighted by Crippen LogP contribution is -2.53. The SMILES string of the molecule is CC(C)N1CCC[C@H]1COc1nc2c(c(N3[C@@H]4CC[C@H]3CNC4)n1)CCC1(C2)Cc2cccc3cccc1c23. The van der Waals surface area contributed by atoms with Crippen LogP contribution < -0.4 is 15.0 Å². The number of likely N-dealkylation sites (tertiary alicyclic amines) is 1. The zero-order valence-corrected chi connectivity index (χ0v) is 23.5. The van der Waals surface area contributed by atoms with Gasteiger partial charge in [0.15, 0.2) is 0 Å². The van der Waals surface area contributed by atoms with E-state index in [9.17, 15) is 0 Å². The molecular weight excluding hydrogens is 482 g/mol. The van der Waals surface area contributed by atoms with Crippen LogP contribution in [0.15, 0.2) is 36.4 Å². The van der Waals surface area contributed by atoms with Crippen LogP contribution in [0, 0.1) is 0 Å². The first kappa shape index (κ1) is 24.1. The maximum absolute atomic E-state index is 6.52. The van der Waals surface area contributed by atoms with Crippen LogP contribution >= 0.6 is 0 Å². The predicted octanol–water partition coefficient (Wildman–Crippen LogP) is 4.80. The van der Waals surface area contributed by atoms with E-state index in [1.165, 1.54) is 71.2 Å². The van der Waals surface area contributed by atoms with Gasteiger partial charge in [0.25, 0.3) is 0 Å². The third-order valence-electron chi connectivity index (χ3n) is 10.6. The van der Waals surface area contributed by atoms with Gasteiger partial charge >= 0.3 is 6.01 Å². The normalized spacial score (nSPS) is 29.6. The molecule has 4 heterocycles. The standard InChI is InChI=1S/C33H41N5O/c1-21(2)37-15-5-9-26(37)20-39-32-35-29-17-33(16-23-8-3-6-22-7-4-10-28(33)30(22)23)14-13-27(29)31(36-32)38-24-11-12-25(38)19-34-18-24/h3-4,6-8,10,21,24-26,34H,5,9,11-20H2,1-2H3/t24-,25+,26-,33?/m0/s1. The highest BCUT2D eigenvalue weighted by Gasteiger charge is 2.45. The summed E-state index contributed by atoms with van der Waals surface area (Å²) >= 11 is 0. The maximum atomic E-state index is 6.52. The molecule has 3 saturated heterocycles. The van der Waals surface area contributed by atoms with Crippen molar-refractivity contribution < 1.29 is 4.74 Å². The number of aromatic nitrogens is 2. The molecule has 1 N–H and O–H groups in total. The number of benzene rings is 2. The summed E-state index contributed by atoms with van der Waals surface area (Å²) in [7, 11) is 0. The first-order valence-electron chi connectivity index (χ1n) is 15.4. The first-order valence-corrected chi connectivity index (χ1v) is 15.4. The number of hydrogen-bond acceptors (Lipinski definition) is 6. The summed E-state index contributed by atoms with van der Waals surface area (Å²) in [6.07, 6.45) is 9.25. The molecule has 4 atom stereocenters. The van der Waals surface area contributed by atoms with Crippen molar-refractivity contribution in [3.05, 3.63) is 58.8 Å². The lowest BCUT2D eigenvalue weighted by Gasteiger charge is -2.41. The lowest BCUT2D eigenvalue weighted by atomic mass is 9.69. The Hall–Kier alpha value is -2.70. The number of hydrogen-bond donors (Lipinski definition) is 1. The molecule has 1 spiro atoms. The van der Waals surface area contributed by atoms with Crippen LogP contribution in [0.2, 0.25) is 0 Å². The molecule has 5 aliphatic rings. The molecule has 3 aromatic rings. The molecule has 39 heavy (non-hydrogen) atoms. The van der Waals surface area contributed by atoms with E-state index in [1.54, 1.807) is 0 Å². The largest absolute Gasteiger partial charge is 0.462 e. The van der Waals surface area contributed by atoms with E-state index in [0.717, 1.165) is 38.8 Å². The molecule has 6 nitrogen and oxygen atoms in total. The summed E-state index contributed by atoms with van der Waals surface area (Å²) in [5, 5.41) is 6.53. The minimum absolute atomic E-state index is 0.126. The molecule has 3 aliphatic heterocycles. The molecule has 3 fully saturated rings. The van der Waals surface area contributed by atoms with E-state index in [4.69, 9.17) is 14.7 Å². The van der Waals surface area contributed by atoms with Crippen molar-refractivity contribution in [3.63, 3.8) is 0 Å². The fourth-order valence-corrected chi connectivity index (χ4v) is 8.81. The van der Waals surface area contributed by atoms with Gasteiger partial charge in [0.05, 0.1) is 5.69 Å². The van der Waals surface area contributed by atoms with Crippen molar-refractivity contribution >= 4 is 16.6 Å². The van der Waals surface area contributed by atoms with E-state index in [2.05, 4.69) is 65.4 Å². The average Bonchev–Trinajstić information content (AvgIpc) is 3.61. The molecule has 0 radical (unpaired) electrons. The number of fused-ring (bicyclic) bond motifs is 4. The highest BCUT2D eigenvalue weighted by Crippen LogP contribution is 2.51. The van der Waals surface area contributed by atoms with Gasteiger partial charge in [0, 0.05) is 54.7 Å². The summed E-state index contributed by atoms with van der Waals surface area (Å²) in [6, 6.07) is 16.4.